The van der Waals surface area contributed by atoms with Crippen molar-refractivity contribution < 1.29 is 14.4 Å². The van der Waals surface area contributed by atoms with E-state index in [1.807, 2.05) is 48.5 Å². The number of nitrogens with one attached hydrogen (secondary N) is 2. The molecule has 28 heavy (non-hydrogen) atoms. The molecule has 2 amide bonds. The van der Waals surface area contributed by atoms with Gasteiger partial charge in [0, 0.05) is 31.0 Å². The molecular formula is C21H22ClN3O3. The molecule has 0 radical (unpaired) electrons. The Morgan fingerprint density at radius 3 is 2.61 bits per heavy atom. The predicted molar refractivity (Wildman–Crippen MR) is 109 cm³/mol. The zero-order valence-electron chi connectivity index (χ0n) is 15.6. The van der Waals surface area contributed by atoms with Crippen molar-refractivity contribution in [3.05, 3.63) is 65.2 Å². The van der Waals surface area contributed by atoms with Crippen molar-refractivity contribution in [3.63, 3.8) is 0 Å². The molecule has 1 spiro atoms. The van der Waals surface area contributed by atoms with E-state index in [0.717, 1.165) is 24.1 Å². The lowest BCUT2D eigenvalue weighted by atomic mass is 9.90. The molecule has 0 atom stereocenters. The second-order valence-corrected chi connectivity index (χ2v) is 7.39. The number of hydrogen-bond acceptors (Lipinski definition) is 4. The number of nitrogens with zero attached hydrogens (tertiary/aromatic N) is 1. The Morgan fingerprint density at radius 2 is 1.89 bits per heavy atom. The summed E-state index contributed by atoms with van der Waals surface area (Å²) >= 11 is 5.96. The molecule has 1 fully saturated rings. The topological polar surface area (TPSA) is 62.8 Å². The molecule has 0 saturated carbocycles. The second kappa shape index (κ2) is 7.73. The average Bonchev–Trinajstić information content (AvgIpc) is 3.13. The van der Waals surface area contributed by atoms with Gasteiger partial charge in [-0.3, -0.25) is 10.3 Å². The van der Waals surface area contributed by atoms with Gasteiger partial charge in [0.15, 0.2) is 0 Å². The van der Waals surface area contributed by atoms with Gasteiger partial charge in [-0.2, -0.15) is 0 Å². The summed E-state index contributed by atoms with van der Waals surface area (Å²) in [4.78, 5) is 20.3. The molecule has 2 aliphatic rings. The van der Waals surface area contributed by atoms with Crippen LogP contribution in [0.4, 0.5) is 10.5 Å². The molecule has 4 rings (SSSR count). The van der Waals surface area contributed by atoms with Crippen molar-refractivity contribution >= 4 is 29.0 Å². The van der Waals surface area contributed by atoms with E-state index in [1.54, 1.807) is 12.0 Å². The monoisotopic (exact) mass is 399 g/mol. The van der Waals surface area contributed by atoms with Gasteiger partial charge in [-0.15, -0.1) is 0 Å². The van der Waals surface area contributed by atoms with Crippen LogP contribution < -0.4 is 15.5 Å². The quantitative estimate of drug-likeness (QED) is 0.808. The summed E-state index contributed by atoms with van der Waals surface area (Å²) < 4.78 is 5.29. The molecule has 2 heterocycles. The zero-order chi connectivity index (χ0) is 19.6. The molecule has 7 heteroatoms. The minimum absolute atomic E-state index is 0.132. The maximum atomic E-state index is 12.6. The molecule has 6 nitrogen and oxygen atoms in total. The van der Waals surface area contributed by atoms with Crippen LogP contribution in [0.15, 0.2) is 54.6 Å². The van der Waals surface area contributed by atoms with Crippen molar-refractivity contribution in [2.24, 2.45) is 0 Å². The first-order valence-electron chi connectivity index (χ1n) is 9.20. The number of benzene rings is 2. The van der Waals surface area contributed by atoms with Gasteiger partial charge in [-0.25, -0.2) is 4.79 Å². The summed E-state index contributed by atoms with van der Waals surface area (Å²) in [5.74, 6) is 0.642. The lowest BCUT2D eigenvalue weighted by molar-refractivity contribution is -0.0634. The fourth-order valence-electron chi connectivity index (χ4n) is 3.53. The van der Waals surface area contributed by atoms with Crippen LogP contribution in [-0.4, -0.2) is 36.7 Å². The highest BCUT2D eigenvalue weighted by molar-refractivity contribution is 6.30. The van der Waals surface area contributed by atoms with E-state index in [0.29, 0.717) is 29.5 Å². The molecule has 146 valence electrons. The van der Waals surface area contributed by atoms with Gasteiger partial charge in [-0.1, -0.05) is 35.9 Å². The van der Waals surface area contributed by atoms with E-state index in [9.17, 15) is 4.79 Å². The van der Waals surface area contributed by atoms with Crippen LogP contribution in [0.2, 0.25) is 5.02 Å². The van der Waals surface area contributed by atoms with Crippen LogP contribution in [0.5, 0.6) is 5.75 Å². The normalized spacial score (nSPS) is 17.8. The number of carbonyl (C=O) groups is 1. The van der Waals surface area contributed by atoms with Crippen molar-refractivity contribution in [2.45, 2.75) is 18.4 Å². The summed E-state index contributed by atoms with van der Waals surface area (Å²) in [5.41, 5.74) is 5.27. The van der Waals surface area contributed by atoms with Gasteiger partial charge in [0.1, 0.15) is 11.4 Å². The lowest BCUT2D eigenvalue weighted by Gasteiger charge is -2.36. The highest BCUT2D eigenvalue weighted by Gasteiger charge is 2.40. The third-order valence-corrected chi connectivity index (χ3v) is 5.42. The van der Waals surface area contributed by atoms with Gasteiger partial charge in [0.25, 0.3) is 0 Å². The number of amides is 2. The maximum absolute atomic E-state index is 12.6. The number of likely N-dealkylation sites (tertiary alicyclic amines) is 1. The number of anilines is 1. The van der Waals surface area contributed by atoms with Crippen LogP contribution in [0.3, 0.4) is 0 Å². The number of hydrogen-bond donors (Lipinski definition) is 2. The smallest absolute Gasteiger partial charge is 0.321 e. The number of piperidine rings is 1. The fraction of sp³-hybridized carbons (Fsp3) is 0.286. The minimum Gasteiger partial charge on any atom is -0.495 e. The van der Waals surface area contributed by atoms with E-state index in [-0.39, 0.29) is 6.03 Å². The number of para-hydroxylation sites is 2. The van der Waals surface area contributed by atoms with Crippen molar-refractivity contribution in [1.82, 2.24) is 10.4 Å². The van der Waals surface area contributed by atoms with Crippen molar-refractivity contribution in [1.29, 1.82) is 0 Å². The van der Waals surface area contributed by atoms with E-state index >= 15 is 0 Å². The van der Waals surface area contributed by atoms with E-state index < -0.39 is 5.60 Å². The number of hydroxylamine groups is 1. The Labute approximate surface area is 169 Å². The molecule has 1 saturated heterocycles. The summed E-state index contributed by atoms with van der Waals surface area (Å²) in [6, 6.07) is 14.9. The number of rotatable bonds is 3. The second-order valence-electron chi connectivity index (χ2n) is 6.95. The molecule has 0 bridgehead atoms. The Morgan fingerprint density at radius 1 is 1.18 bits per heavy atom. The third-order valence-electron chi connectivity index (χ3n) is 5.17. The standard InChI is InChI=1S/C21H22ClN3O3/c1-27-19-5-3-2-4-17(19)23-20(26)25-12-10-21(11-13-25)14-18(24-28-21)15-6-8-16(22)9-7-15/h2-9,14,24H,10-13H2,1H3,(H,23,26). The Balaban J connectivity index is 1.39. The molecule has 0 aliphatic carbocycles. The van der Waals surface area contributed by atoms with Crippen molar-refractivity contribution in [3.8, 4) is 5.75 Å². The van der Waals surface area contributed by atoms with Crippen LogP contribution in [0.25, 0.3) is 5.70 Å². The Bertz CT molecular complexity index is 890. The molecule has 2 aliphatic heterocycles. The molecule has 2 aromatic rings. The molecule has 2 aromatic carbocycles. The van der Waals surface area contributed by atoms with Crippen LogP contribution in [0, 0.1) is 0 Å². The van der Waals surface area contributed by atoms with Gasteiger partial charge in [0.05, 0.1) is 18.5 Å². The van der Waals surface area contributed by atoms with Gasteiger partial charge >= 0.3 is 6.03 Å². The van der Waals surface area contributed by atoms with E-state index in [4.69, 9.17) is 21.2 Å². The first kappa shape index (κ1) is 18.7. The molecule has 0 unspecified atom stereocenters. The highest BCUT2D eigenvalue weighted by Crippen LogP contribution is 2.35. The third kappa shape index (κ3) is 3.79. The first-order valence-corrected chi connectivity index (χ1v) is 9.58. The van der Waals surface area contributed by atoms with Crippen LogP contribution in [-0.2, 0) is 4.84 Å². The number of ether oxygens (including phenoxy) is 1. The number of methoxy groups -OCH3 is 1. The summed E-state index contributed by atoms with van der Waals surface area (Å²) in [6.07, 6.45) is 3.55. The van der Waals surface area contributed by atoms with Gasteiger partial charge in [-0.05, 0) is 35.9 Å². The summed E-state index contributed by atoms with van der Waals surface area (Å²) in [6.45, 7) is 1.21. The van der Waals surface area contributed by atoms with Crippen LogP contribution in [0.1, 0.15) is 18.4 Å². The summed E-state index contributed by atoms with van der Waals surface area (Å²) in [5, 5.41) is 3.63. The first-order chi connectivity index (χ1) is 13.6. The highest BCUT2D eigenvalue weighted by atomic mass is 35.5. The number of urea groups is 1. The molecular weight excluding hydrogens is 378 g/mol. The lowest BCUT2D eigenvalue weighted by Crippen LogP contribution is -2.48. The number of carbonyl (C=O) groups excluding carboxylic acids is 1. The largest absolute Gasteiger partial charge is 0.495 e. The van der Waals surface area contributed by atoms with Crippen molar-refractivity contribution in [2.75, 3.05) is 25.5 Å². The SMILES string of the molecule is COc1ccccc1NC(=O)N1CCC2(C=C(c3ccc(Cl)cc3)NO2)CC1. The Hall–Kier alpha value is -2.70. The maximum Gasteiger partial charge on any atom is 0.321 e. The molecule has 2 N–H and O–H groups in total. The number of halogens is 1. The summed E-state index contributed by atoms with van der Waals surface area (Å²) in [7, 11) is 1.59. The Kier molecular flexibility index (Phi) is 5.15. The average molecular weight is 400 g/mol. The zero-order valence-corrected chi connectivity index (χ0v) is 16.3. The minimum atomic E-state index is -0.393. The molecule has 0 aromatic heterocycles. The van der Waals surface area contributed by atoms with Gasteiger partial charge < -0.3 is 15.0 Å². The van der Waals surface area contributed by atoms with Gasteiger partial charge in [0.2, 0.25) is 0 Å². The predicted octanol–water partition coefficient (Wildman–Crippen LogP) is 4.29. The van der Waals surface area contributed by atoms with Crippen LogP contribution >= 0.6 is 11.6 Å². The fourth-order valence-corrected chi connectivity index (χ4v) is 3.65. The van der Waals surface area contributed by atoms with E-state index in [1.165, 1.54) is 0 Å². The van der Waals surface area contributed by atoms with E-state index in [2.05, 4.69) is 16.9 Å².